The van der Waals surface area contributed by atoms with Gasteiger partial charge >= 0.3 is 0 Å². The molecule has 0 bridgehead atoms. The summed E-state index contributed by atoms with van der Waals surface area (Å²) in [4.78, 5) is 0. The van der Waals surface area contributed by atoms with E-state index in [0.29, 0.717) is 0 Å². The summed E-state index contributed by atoms with van der Waals surface area (Å²) >= 11 is 0. The van der Waals surface area contributed by atoms with Crippen LogP contribution in [-0.4, -0.2) is 14.2 Å². The first-order chi connectivity index (χ1) is 7.67. The van der Waals surface area contributed by atoms with Crippen molar-refractivity contribution >= 4 is 5.57 Å². The second-order valence-corrected chi connectivity index (χ2v) is 3.56. The number of methoxy groups -OCH3 is 2. The Balaban J connectivity index is 2.83. The van der Waals surface area contributed by atoms with Crippen molar-refractivity contribution in [2.75, 3.05) is 14.2 Å². The topological polar surface area (TPSA) is 18.5 Å². The first-order valence-corrected chi connectivity index (χ1v) is 5.21. The third-order valence-electron chi connectivity index (χ3n) is 2.44. The summed E-state index contributed by atoms with van der Waals surface area (Å²) in [5, 5.41) is 0. The molecular weight excluding hydrogens is 200 g/mol. The van der Waals surface area contributed by atoms with Gasteiger partial charge < -0.3 is 9.47 Å². The van der Waals surface area contributed by atoms with Crippen LogP contribution in [0.4, 0.5) is 0 Å². The lowest BCUT2D eigenvalue weighted by atomic mass is 10.1. The smallest absolute Gasteiger partial charge is 0.118 e. The van der Waals surface area contributed by atoms with Crippen LogP contribution in [-0.2, 0) is 4.74 Å². The van der Waals surface area contributed by atoms with Crippen LogP contribution >= 0.6 is 0 Å². The van der Waals surface area contributed by atoms with E-state index in [1.807, 2.05) is 43.3 Å². The molecule has 0 aliphatic carbocycles. The van der Waals surface area contributed by atoms with E-state index in [1.54, 1.807) is 14.2 Å². The zero-order valence-corrected chi connectivity index (χ0v) is 10.3. The maximum Gasteiger partial charge on any atom is 0.118 e. The molecule has 1 aromatic rings. The van der Waals surface area contributed by atoms with Gasteiger partial charge in [0.15, 0.2) is 0 Å². The molecule has 1 aromatic carbocycles. The minimum Gasteiger partial charge on any atom is -0.501 e. The van der Waals surface area contributed by atoms with E-state index in [2.05, 4.69) is 6.92 Å². The van der Waals surface area contributed by atoms with Crippen molar-refractivity contribution in [1.82, 2.24) is 0 Å². The third-order valence-corrected chi connectivity index (χ3v) is 2.44. The lowest BCUT2D eigenvalue weighted by molar-refractivity contribution is 0.294. The van der Waals surface area contributed by atoms with Crippen LogP contribution in [0.1, 0.15) is 19.4 Å². The molecule has 16 heavy (non-hydrogen) atoms. The van der Waals surface area contributed by atoms with E-state index in [-0.39, 0.29) is 0 Å². The monoisotopic (exact) mass is 218 g/mol. The Labute approximate surface area is 97.2 Å². The Hall–Kier alpha value is -1.70. The molecule has 0 fully saturated rings. The maximum atomic E-state index is 5.11. The quantitative estimate of drug-likeness (QED) is 0.567. The van der Waals surface area contributed by atoms with Gasteiger partial charge in [0.2, 0.25) is 0 Å². The summed E-state index contributed by atoms with van der Waals surface area (Å²) in [7, 11) is 3.34. The predicted molar refractivity (Wildman–Crippen MR) is 67.4 cm³/mol. The lowest BCUT2D eigenvalue weighted by Gasteiger charge is -2.03. The van der Waals surface area contributed by atoms with Crippen LogP contribution < -0.4 is 4.74 Å². The molecule has 0 aromatic heterocycles. The molecule has 1 rings (SSSR count). The van der Waals surface area contributed by atoms with Crippen molar-refractivity contribution in [1.29, 1.82) is 0 Å². The van der Waals surface area contributed by atoms with Crippen LogP contribution in [0.2, 0.25) is 0 Å². The molecule has 0 radical (unpaired) electrons. The van der Waals surface area contributed by atoms with E-state index < -0.39 is 0 Å². The Bertz CT molecular complexity index is 386. The zero-order chi connectivity index (χ0) is 12.0. The second-order valence-electron chi connectivity index (χ2n) is 3.56. The molecule has 0 amide bonds. The average Bonchev–Trinajstić information content (AvgIpc) is 2.35. The van der Waals surface area contributed by atoms with Gasteiger partial charge in [0.25, 0.3) is 0 Å². The molecule has 2 nitrogen and oxygen atoms in total. The van der Waals surface area contributed by atoms with Crippen molar-refractivity contribution in [2.45, 2.75) is 13.8 Å². The van der Waals surface area contributed by atoms with Crippen molar-refractivity contribution in [3.8, 4) is 5.75 Å². The summed E-state index contributed by atoms with van der Waals surface area (Å²) in [5.41, 5.74) is 2.38. The van der Waals surface area contributed by atoms with E-state index in [1.165, 1.54) is 11.1 Å². The molecule has 0 aliphatic heterocycles. The molecule has 0 saturated heterocycles. The van der Waals surface area contributed by atoms with Crippen molar-refractivity contribution in [2.24, 2.45) is 0 Å². The summed E-state index contributed by atoms with van der Waals surface area (Å²) in [6.45, 7) is 4.00. The molecule has 86 valence electrons. The average molecular weight is 218 g/mol. The number of rotatable bonds is 4. The van der Waals surface area contributed by atoms with E-state index in [0.717, 1.165) is 11.5 Å². The number of hydrogen-bond donors (Lipinski definition) is 0. The highest BCUT2D eigenvalue weighted by atomic mass is 16.5. The zero-order valence-electron chi connectivity index (χ0n) is 10.3. The van der Waals surface area contributed by atoms with Gasteiger partial charge in [-0.2, -0.15) is 0 Å². The van der Waals surface area contributed by atoms with Crippen molar-refractivity contribution in [3.63, 3.8) is 0 Å². The molecule has 0 heterocycles. The Kier molecular flexibility index (Phi) is 4.65. The van der Waals surface area contributed by atoms with Crippen LogP contribution in [0, 0.1) is 0 Å². The highest BCUT2D eigenvalue weighted by Crippen LogP contribution is 2.18. The molecule has 0 unspecified atom stereocenters. The molecule has 0 saturated carbocycles. The first kappa shape index (κ1) is 12.4. The van der Waals surface area contributed by atoms with Gasteiger partial charge in [0.1, 0.15) is 5.75 Å². The molecule has 0 spiro atoms. The molecule has 2 heteroatoms. The van der Waals surface area contributed by atoms with Gasteiger partial charge in [-0.1, -0.05) is 18.2 Å². The lowest BCUT2D eigenvalue weighted by Crippen LogP contribution is -1.84. The normalized spacial score (nSPS) is 12.5. The number of allylic oxidation sites excluding steroid dienone is 4. The van der Waals surface area contributed by atoms with Crippen molar-refractivity contribution in [3.05, 3.63) is 47.7 Å². The van der Waals surface area contributed by atoms with Crippen molar-refractivity contribution < 1.29 is 9.47 Å². The highest BCUT2D eigenvalue weighted by Gasteiger charge is 1.95. The summed E-state index contributed by atoms with van der Waals surface area (Å²) in [6, 6.07) is 8.00. The second kappa shape index (κ2) is 6.01. The summed E-state index contributed by atoms with van der Waals surface area (Å²) < 4.78 is 10.2. The third kappa shape index (κ3) is 3.46. The SMILES string of the molecule is COC(C)=CC=C(C)c1ccc(OC)cc1. The fourth-order valence-electron chi connectivity index (χ4n) is 1.26. The van der Waals surface area contributed by atoms with Gasteiger partial charge in [-0.15, -0.1) is 0 Å². The maximum absolute atomic E-state index is 5.11. The summed E-state index contributed by atoms with van der Waals surface area (Å²) in [5.74, 6) is 1.77. The van der Waals surface area contributed by atoms with Crippen LogP contribution in [0.15, 0.2) is 42.2 Å². The molecule has 0 atom stereocenters. The number of ether oxygens (including phenoxy) is 2. The minimum absolute atomic E-state index is 0.875. The predicted octanol–water partition coefficient (Wildman–Crippen LogP) is 3.65. The van der Waals surface area contributed by atoms with Gasteiger partial charge in [-0.05, 0) is 43.2 Å². The first-order valence-electron chi connectivity index (χ1n) is 5.21. The number of hydrogen-bond acceptors (Lipinski definition) is 2. The van der Waals surface area contributed by atoms with Gasteiger partial charge in [-0.25, -0.2) is 0 Å². The Morgan fingerprint density at radius 3 is 2.12 bits per heavy atom. The number of benzene rings is 1. The van der Waals surface area contributed by atoms with Crippen LogP contribution in [0.5, 0.6) is 5.75 Å². The minimum atomic E-state index is 0.875. The van der Waals surface area contributed by atoms with Gasteiger partial charge in [-0.3, -0.25) is 0 Å². The molecule has 0 aliphatic rings. The van der Waals surface area contributed by atoms with Gasteiger partial charge in [0, 0.05) is 0 Å². The van der Waals surface area contributed by atoms with Gasteiger partial charge in [0.05, 0.1) is 20.0 Å². The standard InChI is InChI=1S/C14H18O2/c1-11(5-6-12(2)15-3)13-7-9-14(16-4)10-8-13/h5-10H,1-4H3. The van der Waals surface area contributed by atoms with E-state index in [4.69, 9.17) is 9.47 Å². The van der Waals surface area contributed by atoms with Crippen LogP contribution in [0.25, 0.3) is 5.57 Å². The Morgan fingerprint density at radius 1 is 1.00 bits per heavy atom. The highest BCUT2D eigenvalue weighted by molar-refractivity contribution is 5.65. The van der Waals surface area contributed by atoms with Crippen LogP contribution in [0.3, 0.4) is 0 Å². The fraction of sp³-hybridized carbons (Fsp3) is 0.286. The Morgan fingerprint density at radius 2 is 1.62 bits per heavy atom. The largest absolute Gasteiger partial charge is 0.501 e. The van der Waals surface area contributed by atoms with E-state index >= 15 is 0 Å². The fourth-order valence-corrected chi connectivity index (χ4v) is 1.26. The van der Waals surface area contributed by atoms with E-state index in [9.17, 15) is 0 Å². The summed E-state index contributed by atoms with van der Waals surface area (Å²) in [6.07, 6.45) is 4.00. The molecule has 0 N–H and O–H groups in total. The molecular formula is C14H18O2.